The molecule has 0 aliphatic rings. The number of esters is 1. The maximum absolute atomic E-state index is 11.9. The molecule has 0 N–H and O–H groups in total. The standard InChI is InChI=1S/C36H72O6/c1-3-5-7-9-10-11-12-13-14-15-16-17-18-19-20-21-22-23-24-26-36(37)42-35-34-41-33-32-40-31-30-39-29-28-38-27-25-8-6-4-2/h3-35H2,1-2H3. The fourth-order valence-corrected chi connectivity index (χ4v) is 5.03. The predicted octanol–water partition coefficient (Wildman–Crippen LogP) is 10.00. The Hall–Kier alpha value is -0.690. The average Bonchev–Trinajstić information content (AvgIpc) is 3.00. The second-order valence-electron chi connectivity index (χ2n) is 11.8. The first-order valence-corrected chi connectivity index (χ1v) is 18.3. The lowest BCUT2D eigenvalue weighted by molar-refractivity contribution is -0.145. The van der Waals surface area contributed by atoms with E-state index in [2.05, 4.69) is 13.8 Å². The molecule has 0 bridgehead atoms. The van der Waals surface area contributed by atoms with Crippen molar-refractivity contribution in [3.63, 3.8) is 0 Å². The normalized spacial score (nSPS) is 11.4. The van der Waals surface area contributed by atoms with Crippen LogP contribution in [0.15, 0.2) is 0 Å². The highest BCUT2D eigenvalue weighted by Crippen LogP contribution is 2.15. The molecule has 252 valence electrons. The minimum Gasteiger partial charge on any atom is -0.463 e. The van der Waals surface area contributed by atoms with Crippen LogP contribution in [0.25, 0.3) is 0 Å². The Labute approximate surface area is 261 Å². The number of unbranched alkanes of at least 4 members (excludes halogenated alkanes) is 21. The van der Waals surface area contributed by atoms with Gasteiger partial charge in [0.2, 0.25) is 0 Å². The molecule has 42 heavy (non-hydrogen) atoms. The van der Waals surface area contributed by atoms with Gasteiger partial charge in [0, 0.05) is 13.0 Å². The monoisotopic (exact) mass is 601 g/mol. The summed E-state index contributed by atoms with van der Waals surface area (Å²) in [5, 5.41) is 0. The molecule has 0 unspecified atom stereocenters. The third-order valence-corrected chi connectivity index (χ3v) is 7.73. The number of carbonyl (C=O) groups excluding carboxylic acids is 1. The molecule has 0 saturated heterocycles. The van der Waals surface area contributed by atoms with E-state index in [1.807, 2.05) is 0 Å². The van der Waals surface area contributed by atoms with E-state index in [1.165, 1.54) is 128 Å². The Morgan fingerprint density at radius 2 is 0.619 bits per heavy atom. The maximum atomic E-state index is 11.9. The van der Waals surface area contributed by atoms with E-state index in [0.717, 1.165) is 25.9 Å². The van der Waals surface area contributed by atoms with Crippen LogP contribution in [0.1, 0.15) is 168 Å². The second kappa shape index (κ2) is 38.3. The van der Waals surface area contributed by atoms with Crippen molar-refractivity contribution in [2.24, 2.45) is 0 Å². The quantitative estimate of drug-likeness (QED) is 0.0522. The van der Waals surface area contributed by atoms with E-state index in [1.54, 1.807) is 0 Å². The van der Waals surface area contributed by atoms with Crippen molar-refractivity contribution in [1.29, 1.82) is 0 Å². The van der Waals surface area contributed by atoms with Crippen molar-refractivity contribution < 1.29 is 28.5 Å². The van der Waals surface area contributed by atoms with Crippen LogP contribution >= 0.6 is 0 Å². The van der Waals surface area contributed by atoms with E-state index in [4.69, 9.17) is 23.7 Å². The first kappa shape index (κ1) is 41.3. The molecule has 0 aliphatic heterocycles. The van der Waals surface area contributed by atoms with E-state index in [-0.39, 0.29) is 5.97 Å². The summed E-state index contributed by atoms with van der Waals surface area (Å²) in [6.45, 7) is 9.45. The molecule has 0 amide bonds. The highest BCUT2D eigenvalue weighted by molar-refractivity contribution is 5.69. The molecule has 0 aromatic heterocycles. The van der Waals surface area contributed by atoms with Gasteiger partial charge in [0.25, 0.3) is 0 Å². The van der Waals surface area contributed by atoms with Crippen molar-refractivity contribution in [3.8, 4) is 0 Å². The minimum absolute atomic E-state index is 0.107. The average molecular weight is 601 g/mol. The maximum Gasteiger partial charge on any atom is 0.305 e. The van der Waals surface area contributed by atoms with Gasteiger partial charge in [-0.3, -0.25) is 4.79 Å². The van der Waals surface area contributed by atoms with E-state index in [0.29, 0.717) is 59.3 Å². The van der Waals surface area contributed by atoms with Crippen LogP contribution in [0.2, 0.25) is 0 Å². The largest absolute Gasteiger partial charge is 0.463 e. The second-order valence-corrected chi connectivity index (χ2v) is 11.8. The van der Waals surface area contributed by atoms with Crippen LogP contribution in [0, 0.1) is 0 Å². The van der Waals surface area contributed by atoms with Gasteiger partial charge in [-0.25, -0.2) is 0 Å². The van der Waals surface area contributed by atoms with Gasteiger partial charge >= 0.3 is 5.97 Å². The SMILES string of the molecule is CCCCCCCCCCCCCCCCCCCCCC(=O)OCCOCCOCCOCCOCCCCCC. The fraction of sp³-hybridized carbons (Fsp3) is 0.972. The summed E-state index contributed by atoms with van der Waals surface area (Å²) in [5.41, 5.74) is 0. The van der Waals surface area contributed by atoms with Crippen LogP contribution in [0.5, 0.6) is 0 Å². The molecular formula is C36H72O6. The van der Waals surface area contributed by atoms with E-state index < -0.39 is 0 Å². The molecule has 0 rings (SSSR count). The Morgan fingerprint density at radius 1 is 0.333 bits per heavy atom. The summed E-state index contributed by atoms with van der Waals surface area (Å²) in [4.78, 5) is 11.9. The van der Waals surface area contributed by atoms with Crippen molar-refractivity contribution in [2.45, 2.75) is 168 Å². The molecule has 0 atom stereocenters. The summed E-state index contributed by atoms with van der Waals surface area (Å²) in [6, 6.07) is 0. The predicted molar refractivity (Wildman–Crippen MR) is 176 cm³/mol. The Kier molecular flexibility index (Phi) is 37.7. The molecule has 0 saturated carbocycles. The molecule has 0 aromatic carbocycles. The van der Waals surface area contributed by atoms with Crippen LogP contribution in [-0.2, 0) is 28.5 Å². The number of hydrogen-bond acceptors (Lipinski definition) is 6. The number of carbonyl (C=O) groups is 1. The molecule has 0 radical (unpaired) electrons. The van der Waals surface area contributed by atoms with Gasteiger partial charge in [-0.05, 0) is 12.8 Å². The zero-order valence-corrected chi connectivity index (χ0v) is 28.3. The molecule has 0 aliphatic carbocycles. The van der Waals surface area contributed by atoms with E-state index >= 15 is 0 Å². The summed E-state index contributed by atoms with van der Waals surface area (Å²) in [6.07, 6.45) is 31.2. The lowest BCUT2D eigenvalue weighted by Gasteiger charge is -2.08. The van der Waals surface area contributed by atoms with Gasteiger partial charge < -0.3 is 23.7 Å². The Morgan fingerprint density at radius 3 is 1.00 bits per heavy atom. The van der Waals surface area contributed by atoms with Gasteiger partial charge in [0.15, 0.2) is 0 Å². The van der Waals surface area contributed by atoms with Gasteiger partial charge in [-0.15, -0.1) is 0 Å². The lowest BCUT2D eigenvalue weighted by atomic mass is 10.0. The first-order valence-electron chi connectivity index (χ1n) is 18.3. The van der Waals surface area contributed by atoms with Crippen molar-refractivity contribution in [2.75, 3.05) is 59.5 Å². The van der Waals surface area contributed by atoms with Crippen LogP contribution in [-0.4, -0.2) is 65.4 Å². The topological polar surface area (TPSA) is 63.2 Å². The van der Waals surface area contributed by atoms with Crippen LogP contribution < -0.4 is 0 Å². The summed E-state index contributed by atoms with van der Waals surface area (Å²) < 4.78 is 27.2. The number of hydrogen-bond donors (Lipinski definition) is 0. The highest BCUT2D eigenvalue weighted by Gasteiger charge is 2.03. The Bertz CT molecular complexity index is 501. The Balaban J connectivity index is 3.14. The van der Waals surface area contributed by atoms with Gasteiger partial charge in [-0.2, -0.15) is 0 Å². The van der Waals surface area contributed by atoms with E-state index in [9.17, 15) is 4.79 Å². The van der Waals surface area contributed by atoms with Crippen LogP contribution in [0.3, 0.4) is 0 Å². The molecule has 0 spiro atoms. The lowest BCUT2D eigenvalue weighted by Crippen LogP contribution is -2.14. The molecule has 0 aromatic rings. The van der Waals surface area contributed by atoms with Gasteiger partial charge in [0.05, 0.1) is 46.2 Å². The smallest absolute Gasteiger partial charge is 0.305 e. The van der Waals surface area contributed by atoms with Gasteiger partial charge in [0.1, 0.15) is 6.61 Å². The third kappa shape index (κ3) is 37.3. The molecular weight excluding hydrogens is 528 g/mol. The zero-order chi connectivity index (χ0) is 30.4. The van der Waals surface area contributed by atoms with Crippen molar-refractivity contribution in [1.82, 2.24) is 0 Å². The van der Waals surface area contributed by atoms with Gasteiger partial charge in [-0.1, -0.05) is 149 Å². The molecule has 0 fully saturated rings. The number of rotatable bonds is 37. The first-order chi connectivity index (χ1) is 20.8. The summed E-state index contributed by atoms with van der Waals surface area (Å²) in [7, 11) is 0. The van der Waals surface area contributed by atoms with Crippen molar-refractivity contribution in [3.05, 3.63) is 0 Å². The highest BCUT2D eigenvalue weighted by atomic mass is 16.6. The third-order valence-electron chi connectivity index (χ3n) is 7.73. The van der Waals surface area contributed by atoms with Crippen molar-refractivity contribution >= 4 is 5.97 Å². The zero-order valence-electron chi connectivity index (χ0n) is 28.3. The molecule has 6 heteroatoms. The molecule has 6 nitrogen and oxygen atoms in total. The summed E-state index contributed by atoms with van der Waals surface area (Å²) in [5.74, 6) is -0.107. The fourth-order valence-electron chi connectivity index (χ4n) is 5.03. The summed E-state index contributed by atoms with van der Waals surface area (Å²) >= 11 is 0. The minimum atomic E-state index is -0.107. The number of ether oxygens (including phenoxy) is 5. The molecule has 0 heterocycles. The van der Waals surface area contributed by atoms with Crippen LogP contribution in [0.4, 0.5) is 0 Å².